The van der Waals surface area contributed by atoms with Crippen LogP contribution in [0.5, 0.6) is 5.75 Å². The Balaban J connectivity index is 1.73. The zero-order valence-corrected chi connectivity index (χ0v) is 18.4. The van der Waals surface area contributed by atoms with E-state index in [-0.39, 0.29) is 34.4 Å². The Morgan fingerprint density at radius 2 is 1.88 bits per heavy atom. The summed E-state index contributed by atoms with van der Waals surface area (Å²) in [6.07, 6.45) is -3.07. The van der Waals surface area contributed by atoms with Crippen molar-refractivity contribution >= 4 is 23.2 Å². The summed E-state index contributed by atoms with van der Waals surface area (Å²) in [5.41, 5.74) is -0.503. The van der Waals surface area contributed by atoms with Crippen molar-refractivity contribution in [2.45, 2.75) is 32.4 Å². The molecule has 0 aliphatic carbocycles. The molecule has 0 spiro atoms. The van der Waals surface area contributed by atoms with Crippen LogP contribution in [0, 0.1) is 5.92 Å². The SMILES string of the molecule is COc1ccc(-c2cc(C(F)(F)F)n3nc(CC(=O)N4CCC(C)CC4)c(Cl)c3n2)cc1. The van der Waals surface area contributed by atoms with E-state index in [1.54, 1.807) is 29.2 Å². The third kappa shape index (κ3) is 4.39. The van der Waals surface area contributed by atoms with Crippen LogP contribution >= 0.6 is 11.6 Å². The van der Waals surface area contributed by atoms with Gasteiger partial charge in [0.2, 0.25) is 5.91 Å². The highest BCUT2D eigenvalue weighted by Gasteiger charge is 2.36. The normalized spacial score (nSPS) is 15.4. The number of amides is 1. The number of carbonyl (C=O) groups is 1. The first-order valence-corrected chi connectivity index (χ1v) is 10.6. The molecule has 32 heavy (non-hydrogen) atoms. The molecule has 1 saturated heterocycles. The number of aromatic nitrogens is 3. The molecular formula is C22H22ClF3N4O2. The quantitative estimate of drug-likeness (QED) is 0.550. The Morgan fingerprint density at radius 1 is 1.22 bits per heavy atom. The van der Waals surface area contributed by atoms with E-state index in [0.717, 1.165) is 18.9 Å². The smallest absolute Gasteiger partial charge is 0.433 e. The minimum Gasteiger partial charge on any atom is -0.497 e. The molecule has 10 heteroatoms. The fourth-order valence-corrected chi connectivity index (χ4v) is 4.00. The maximum atomic E-state index is 13.8. The second-order valence-corrected chi connectivity index (χ2v) is 8.37. The van der Waals surface area contributed by atoms with Crippen LogP contribution in [-0.2, 0) is 17.4 Å². The number of carbonyl (C=O) groups excluding carboxylic acids is 1. The minimum atomic E-state index is -4.69. The van der Waals surface area contributed by atoms with Gasteiger partial charge in [-0.1, -0.05) is 18.5 Å². The van der Waals surface area contributed by atoms with Crippen LogP contribution in [0.4, 0.5) is 13.2 Å². The van der Waals surface area contributed by atoms with Gasteiger partial charge in [-0.3, -0.25) is 4.79 Å². The Bertz CT molecular complexity index is 1140. The molecule has 6 nitrogen and oxygen atoms in total. The van der Waals surface area contributed by atoms with Gasteiger partial charge >= 0.3 is 6.18 Å². The molecule has 1 aromatic carbocycles. The molecule has 0 bridgehead atoms. The van der Waals surface area contributed by atoms with Crippen LogP contribution in [0.15, 0.2) is 30.3 Å². The van der Waals surface area contributed by atoms with Crippen molar-refractivity contribution in [2.75, 3.05) is 20.2 Å². The first-order valence-electron chi connectivity index (χ1n) is 10.2. The van der Waals surface area contributed by atoms with Gasteiger partial charge in [-0.2, -0.15) is 18.3 Å². The number of rotatable bonds is 4. The molecule has 1 aliphatic heterocycles. The fraction of sp³-hybridized carbons (Fsp3) is 0.409. The van der Waals surface area contributed by atoms with Gasteiger partial charge < -0.3 is 9.64 Å². The number of nitrogens with zero attached hydrogens (tertiary/aromatic N) is 4. The van der Waals surface area contributed by atoms with Crippen molar-refractivity contribution in [3.8, 4) is 17.0 Å². The Labute approximate surface area is 187 Å². The average molecular weight is 467 g/mol. The molecule has 2 aromatic heterocycles. The standard InChI is InChI=1S/C22H22ClF3N4O2/c1-13-7-9-29(10-8-13)19(31)12-17-20(23)21-27-16(14-3-5-15(32-2)6-4-14)11-18(22(24,25)26)30(21)28-17/h3-6,11,13H,7-10,12H2,1-2H3. The van der Waals surface area contributed by atoms with E-state index in [9.17, 15) is 18.0 Å². The lowest BCUT2D eigenvalue weighted by Crippen LogP contribution is -2.38. The Morgan fingerprint density at radius 3 is 2.47 bits per heavy atom. The van der Waals surface area contributed by atoms with Crippen LogP contribution in [0.25, 0.3) is 16.9 Å². The topological polar surface area (TPSA) is 59.7 Å². The molecule has 0 unspecified atom stereocenters. The summed E-state index contributed by atoms with van der Waals surface area (Å²) in [5.74, 6) is 0.917. The summed E-state index contributed by atoms with van der Waals surface area (Å²) in [5, 5.41) is 3.97. The van der Waals surface area contributed by atoms with E-state index in [1.165, 1.54) is 7.11 Å². The highest BCUT2D eigenvalue weighted by atomic mass is 35.5. The predicted octanol–water partition coefficient (Wildman–Crippen LogP) is 4.88. The van der Waals surface area contributed by atoms with Crippen molar-refractivity contribution in [1.82, 2.24) is 19.5 Å². The lowest BCUT2D eigenvalue weighted by Gasteiger charge is -2.30. The second kappa shape index (κ2) is 8.61. The van der Waals surface area contributed by atoms with Crippen molar-refractivity contribution in [2.24, 2.45) is 5.92 Å². The maximum absolute atomic E-state index is 13.8. The van der Waals surface area contributed by atoms with Crippen LogP contribution in [-0.4, -0.2) is 45.6 Å². The number of piperidine rings is 1. The molecule has 170 valence electrons. The number of alkyl halides is 3. The summed E-state index contributed by atoms with van der Waals surface area (Å²) < 4.78 is 47.3. The van der Waals surface area contributed by atoms with Crippen LogP contribution in [0.1, 0.15) is 31.2 Å². The molecule has 3 aromatic rings. The van der Waals surface area contributed by atoms with E-state index in [1.807, 2.05) is 0 Å². The monoisotopic (exact) mass is 466 g/mol. The molecule has 1 amide bonds. The average Bonchev–Trinajstić information content (AvgIpc) is 3.08. The van der Waals surface area contributed by atoms with Gasteiger partial charge in [0, 0.05) is 18.7 Å². The van der Waals surface area contributed by atoms with Gasteiger partial charge in [0.05, 0.1) is 24.9 Å². The second-order valence-electron chi connectivity index (χ2n) is 7.99. The molecular weight excluding hydrogens is 445 g/mol. The maximum Gasteiger partial charge on any atom is 0.433 e. The van der Waals surface area contributed by atoms with E-state index >= 15 is 0 Å². The highest BCUT2D eigenvalue weighted by molar-refractivity contribution is 6.34. The molecule has 1 aliphatic rings. The number of hydrogen-bond donors (Lipinski definition) is 0. The van der Waals surface area contributed by atoms with Gasteiger partial charge in [-0.05, 0) is 49.1 Å². The zero-order chi connectivity index (χ0) is 23.0. The van der Waals surface area contributed by atoms with Gasteiger partial charge in [-0.25, -0.2) is 9.50 Å². The summed E-state index contributed by atoms with van der Waals surface area (Å²) >= 11 is 6.39. The Kier molecular flexibility index (Phi) is 6.03. The molecule has 0 N–H and O–H groups in total. The van der Waals surface area contributed by atoms with Crippen molar-refractivity contribution in [3.05, 3.63) is 46.7 Å². The summed E-state index contributed by atoms with van der Waals surface area (Å²) in [6.45, 7) is 3.38. The fourth-order valence-electron chi connectivity index (χ4n) is 3.77. The number of benzene rings is 1. The summed E-state index contributed by atoms with van der Waals surface area (Å²) in [4.78, 5) is 18.7. The van der Waals surface area contributed by atoms with Gasteiger partial charge in [0.15, 0.2) is 11.3 Å². The molecule has 4 rings (SSSR count). The van der Waals surface area contributed by atoms with E-state index in [0.29, 0.717) is 34.8 Å². The zero-order valence-electron chi connectivity index (χ0n) is 17.6. The first-order chi connectivity index (χ1) is 15.2. The van der Waals surface area contributed by atoms with Crippen molar-refractivity contribution < 1.29 is 22.7 Å². The summed E-state index contributed by atoms with van der Waals surface area (Å²) in [7, 11) is 1.50. The number of hydrogen-bond acceptors (Lipinski definition) is 4. The van der Waals surface area contributed by atoms with Gasteiger partial charge in [0.1, 0.15) is 10.8 Å². The molecule has 3 heterocycles. The largest absolute Gasteiger partial charge is 0.497 e. The van der Waals surface area contributed by atoms with E-state index < -0.39 is 11.9 Å². The van der Waals surface area contributed by atoms with Crippen molar-refractivity contribution in [1.29, 1.82) is 0 Å². The van der Waals surface area contributed by atoms with Crippen LogP contribution < -0.4 is 4.74 Å². The molecule has 0 radical (unpaired) electrons. The number of methoxy groups -OCH3 is 1. The van der Waals surface area contributed by atoms with Gasteiger partial charge in [0.25, 0.3) is 0 Å². The lowest BCUT2D eigenvalue weighted by molar-refractivity contribution is -0.142. The highest BCUT2D eigenvalue weighted by Crippen LogP contribution is 2.35. The third-order valence-corrected chi connectivity index (χ3v) is 6.12. The number of likely N-dealkylation sites (tertiary alicyclic amines) is 1. The Hall–Kier alpha value is -2.81. The molecule has 0 saturated carbocycles. The van der Waals surface area contributed by atoms with Crippen LogP contribution in [0.2, 0.25) is 5.02 Å². The van der Waals surface area contributed by atoms with E-state index in [2.05, 4.69) is 17.0 Å². The number of halogens is 4. The third-order valence-electron chi connectivity index (χ3n) is 5.73. The van der Waals surface area contributed by atoms with Gasteiger partial charge in [-0.15, -0.1) is 0 Å². The van der Waals surface area contributed by atoms with Crippen molar-refractivity contribution in [3.63, 3.8) is 0 Å². The lowest BCUT2D eigenvalue weighted by atomic mass is 9.99. The summed E-state index contributed by atoms with van der Waals surface area (Å²) in [6, 6.07) is 7.43. The minimum absolute atomic E-state index is 0.0513. The predicted molar refractivity (Wildman–Crippen MR) is 114 cm³/mol. The molecule has 0 atom stereocenters. The number of fused-ring (bicyclic) bond motifs is 1. The van der Waals surface area contributed by atoms with Crippen LogP contribution in [0.3, 0.4) is 0 Å². The van der Waals surface area contributed by atoms with E-state index in [4.69, 9.17) is 16.3 Å². The molecule has 1 fully saturated rings. The number of ether oxygens (including phenoxy) is 1. The first kappa shape index (κ1) is 22.4.